The van der Waals surface area contributed by atoms with Crippen LogP contribution >= 0.6 is 0 Å². The van der Waals surface area contributed by atoms with Crippen molar-refractivity contribution in [3.8, 4) is 11.5 Å². The summed E-state index contributed by atoms with van der Waals surface area (Å²) in [5, 5.41) is 31.9. The monoisotopic (exact) mass is 361 g/mol. The van der Waals surface area contributed by atoms with Gasteiger partial charge >= 0.3 is 5.97 Å². The number of allylic oxidation sites excluding steroid dienone is 2. The molecule has 2 rings (SSSR count). The lowest BCUT2D eigenvalue weighted by molar-refractivity contribution is -0.125. The van der Waals surface area contributed by atoms with Crippen molar-refractivity contribution in [2.45, 2.75) is 46.0 Å². The minimum Gasteiger partial charge on any atom is -0.506 e. The average Bonchev–Trinajstić information content (AvgIpc) is 2.58. The third kappa shape index (κ3) is 3.87. The Balaban J connectivity index is 2.16. The van der Waals surface area contributed by atoms with Gasteiger partial charge in [-0.05, 0) is 43.4 Å². The average molecular weight is 361 g/mol. The van der Waals surface area contributed by atoms with Crippen LogP contribution in [0, 0.1) is 5.41 Å². The van der Waals surface area contributed by atoms with Crippen molar-refractivity contribution in [2.75, 3.05) is 5.32 Å². The zero-order valence-corrected chi connectivity index (χ0v) is 14.8. The van der Waals surface area contributed by atoms with E-state index in [1.807, 2.05) is 6.08 Å². The van der Waals surface area contributed by atoms with Crippen LogP contribution in [-0.2, 0) is 16.0 Å². The molecule has 1 unspecified atom stereocenters. The molecule has 26 heavy (non-hydrogen) atoms. The number of hydrogen-bond acceptors (Lipinski definition) is 5. The van der Waals surface area contributed by atoms with Crippen LogP contribution in [0.4, 0.5) is 5.69 Å². The molecule has 1 atom stereocenters. The minimum atomic E-state index is -1.35. The first kappa shape index (κ1) is 19.5. The Morgan fingerprint density at radius 3 is 2.58 bits per heavy atom. The maximum atomic E-state index is 12.2. The molecular weight excluding hydrogens is 338 g/mol. The molecule has 1 amide bonds. The molecule has 0 radical (unpaired) electrons. The van der Waals surface area contributed by atoms with Crippen LogP contribution in [-0.4, -0.2) is 33.0 Å². The van der Waals surface area contributed by atoms with Gasteiger partial charge in [0.05, 0.1) is 0 Å². The van der Waals surface area contributed by atoms with E-state index in [9.17, 15) is 29.7 Å². The number of carbonyl (C=O) groups excluding carboxylic acids is 2. The van der Waals surface area contributed by atoms with Gasteiger partial charge in [0.15, 0.2) is 11.5 Å². The number of phenolic OH excluding ortho intramolecular Hbond substituents is 1. The number of rotatable bonds is 6. The van der Waals surface area contributed by atoms with E-state index in [0.717, 1.165) is 6.42 Å². The molecule has 0 fully saturated rings. The number of anilines is 1. The maximum Gasteiger partial charge on any atom is 0.339 e. The second-order valence-electron chi connectivity index (χ2n) is 6.73. The fraction of sp³-hybridized carbons (Fsp3) is 0.421. The number of ketones is 1. The van der Waals surface area contributed by atoms with Crippen LogP contribution in [0.5, 0.6) is 11.5 Å². The van der Waals surface area contributed by atoms with Crippen LogP contribution in [0.1, 0.15) is 55.5 Å². The number of aromatic carboxylic acids is 1. The highest BCUT2D eigenvalue weighted by atomic mass is 16.4. The van der Waals surface area contributed by atoms with E-state index in [0.29, 0.717) is 19.3 Å². The van der Waals surface area contributed by atoms with E-state index in [-0.39, 0.29) is 29.0 Å². The van der Waals surface area contributed by atoms with Crippen molar-refractivity contribution in [3.63, 3.8) is 0 Å². The molecule has 0 saturated carbocycles. The first-order chi connectivity index (χ1) is 12.2. The molecular formula is C19H23NO6. The van der Waals surface area contributed by atoms with Gasteiger partial charge in [0.25, 0.3) is 0 Å². The maximum absolute atomic E-state index is 12.2. The molecule has 0 spiro atoms. The van der Waals surface area contributed by atoms with Gasteiger partial charge < -0.3 is 20.6 Å². The van der Waals surface area contributed by atoms with Crippen molar-refractivity contribution in [3.05, 3.63) is 29.3 Å². The van der Waals surface area contributed by atoms with Gasteiger partial charge in [-0.3, -0.25) is 9.59 Å². The first-order valence-corrected chi connectivity index (χ1v) is 8.51. The molecule has 1 aliphatic rings. The summed E-state index contributed by atoms with van der Waals surface area (Å²) in [6, 6.07) is 1.22. The van der Waals surface area contributed by atoms with Crippen molar-refractivity contribution in [1.29, 1.82) is 0 Å². The van der Waals surface area contributed by atoms with Crippen molar-refractivity contribution >= 4 is 23.3 Å². The lowest BCUT2D eigenvalue weighted by atomic mass is 9.74. The topological polar surface area (TPSA) is 124 Å². The van der Waals surface area contributed by atoms with Crippen LogP contribution < -0.4 is 5.32 Å². The highest BCUT2D eigenvalue weighted by molar-refractivity contribution is 6.01. The Morgan fingerprint density at radius 2 is 2.00 bits per heavy atom. The van der Waals surface area contributed by atoms with Gasteiger partial charge in [-0.25, -0.2) is 4.79 Å². The summed E-state index contributed by atoms with van der Waals surface area (Å²) in [6.07, 6.45) is 5.39. The summed E-state index contributed by atoms with van der Waals surface area (Å²) >= 11 is 0. The predicted octanol–water partition coefficient (Wildman–Crippen LogP) is 3.00. The number of benzene rings is 1. The number of nitrogens with one attached hydrogen (secondary N) is 1. The summed E-state index contributed by atoms with van der Waals surface area (Å²) in [5.74, 6) is -2.96. The summed E-state index contributed by atoms with van der Waals surface area (Å²) in [5.41, 5.74) is -1.03. The molecule has 7 nitrogen and oxygen atoms in total. The van der Waals surface area contributed by atoms with Crippen molar-refractivity contribution in [1.82, 2.24) is 0 Å². The Morgan fingerprint density at radius 1 is 1.31 bits per heavy atom. The van der Waals surface area contributed by atoms with Crippen molar-refractivity contribution in [2.24, 2.45) is 5.41 Å². The summed E-state index contributed by atoms with van der Waals surface area (Å²) < 4.78 is 0. The van der Waals surface area contributed by atoms with E-state index in [1.54, 1.807) is 13.8 Å². The molecule has 4 N–H and O–H groups in total. The molecule has 0 saturated heterocycles. The Hall–Kier alpha value is -2.83. The quantitative estimate of drug-likeness (QED) is 0.578. The van der Waals surface area contributed by atoms with Crippen LogP contribution in [0.25, 0.3) is 0 Å². The van der Waals surface area contributed by atoms with Gasteiger partial charge in [-0.2, -0.15) is 0 Å². The van der Waals surface area contributed by atoms with E-state index >= 15 is 0 Å². The largest absolute Gasteiger partial charge is 0.506 e. The van der Waals surface area contributed by atoms with Crippen LogP contribution in [0.2, 0.25) is 0 Å². The SMILES string of the molecule is CCc1cc(O)c(NC(=O)CCC2(C)CCC=CC2=O)c(O)c1C(=O)O. The van der Waals surface area contributed by atoms with E-state index in [4.69, 9.17) is 0 Å². The molecule has 0 heterocycles. The standard InChI is InChI=1S/C19H23NO6/c1-3-11-10-12(21)16(17(24)15(11)18(25)26)20-14(23)7-9-19(2)8-5-4-6-13(19)22/h4,6,10,21,24H,3,5,7-9H2,1-2H3,(H,20,23)(H,25,26). The van der Waals surface area contributed by atoms with E-state index in [1.165, 1.54) is 12.1 Å². The Kier molecular flexibility index (Phi) is 5.69. The van der Waals surface area contributed by atoms with Gasteiger partial charge in [-0.15, -0.1) is 0 Å². The highest BCUT2D eigenvalue weighted by Gasteiger charge is 2.33. The number of aromatic hydroxyl groups is 2. The van der Waals surface area contributed by atoms with Gasteiger partial charge in [0, 0.05) is 11.8 Å². The zero-order chi connectivity index (χ0) is 19.5. The number of carbonyl (C=O) groups is 3. The number of amides is 1. The second kappa shape index (κ2) is 7.59. The molecule has 7 heteroatoms. The third-order valence-electron chi connectivity index (χ3n) is 4.85. The van der Waals surface area contributed by atoms with Crippen LogP contribution in [0.15, 0.2) is 18.2 Å². The van der Waals surface area contributed by atoms with E-state index < -0.39 is 28.8 Å². The van der Waals surface area contributed by atoms with Crippen LogP contribution in [0.3, 0.4) is 0 Å². The number of phenols is 2. The lowest BCUT2D eigenvalue weighted by Gasteiger charge is -2.28. The number of carboxylic acids is 1. The van der Waals surface area contributed by atoms with Gasteiger partial charge in [0.1, 0.15) is 17.0 Å². The molecule has 0 bridgehead atoms. The molecule has 0 aromatic heterocycles. The summed E-state index contributed by atoms with van der Waals surface area (Å²) in [6.45, 7) is 3.49. The van der Waals surface area contributed by atoms with E-state index in [2.05, 4.69) is 5.32 Å². The Labute approximate surface area is 151 Å². The molecule has 140 valence electrons. The lowest BCUT2D eigenvalue weighted by Crippen LogP contribution is -2.30. The summed E-state index contributed by atoms with van der Waals surface area (Å²) in [7, 11) is 0. The minimum absolute atomic E-state index is 0.00684. The third-order valence-corrected chi connectivity index (χ3v) is 4.85. The van der Waals surface area contributed by atoms with Crippen molar-refractivity contribution < 1.29 is 29.7 Å². The number of aryl methyl sites for hydroxylation is 1. The number of hydrogen-bond donors (Lipinski definition) is 4. The molecule has 1 aromatic carbocycles. The Bertz CT molecular complexity index is 783. The fourth-order valence-electron chi connectivity index (χ4n) is 3.10. The normalized spacial score (nSPS) is 19.4. The summed E-state index contributed by atoms with van der Waals surface area (Å²) in [4.78, 5) is 35.6. The molecule has 1 aliphatic carbocycles. The highest BCUT2D eigenvalue weighted by Crippen LogP contribution is 2.39. The number of carboxylic acid groups (broad SMARTS) is 1. The predicted molar refractivity (Wildman–Crippen MR) is 95.5 cm³/mol. The molecule has 1 aromatic rings. The van der Waals surface area contributed by atoms with Gasteiger partial charge in [-0.1, -0.05) is 19.9 Å². The second-order valence-corrected chi connectivity index (χ2v) is 6.73. The fourth-order valence-corrected chi connectivity index (χ4v) is 3.10. The molecule has 0 aliphatic heterocycles. The van der Waals surface area contributed by atoms with Gasteiger partial charge in [0.2, 0.25) is 5.91 Å². The zero-order valence-electron chi connectivity index (χ0n) is 14.8. The smallest absolute Gasteiger partial charge is 0.339 e. The first-order valence-electron chi connectivity index (χ1n) is 8.51.